The molecule has 1 aliphatic rings. The first-order chi connectivity index (χ1) is 8.37. The van der Waals surface area contributed by atoms with Gasteiger partial charge in [0.05, 0.1) is 0 Å². The molecule has 96 valence electrons. The predicted octanol–water partition coefficient (Wildman–Crippen LogP) is 2.14. The zero-order chi connectivity index (χ0) is 13.3. The Balaban J connectivity index is 2.30. The molecule has 0 spiro atoms. The first-order valence-corrected chi connectivity index (χ1v) is 7.58. The highest BCUT2D eigenvalue weighted by Crippen LogP contribution is 2.23. The third-order valence-corrected chi connectivity index (χ3v) is 5.01. The van der Waals surface area contributed by atoms with E-state index < -0.39 is 38.5 Å². The summed E-state index contributed by atoms with van der Waals surface area (Å²) in [7, 11) is 0. The maximum Gasteiger partial charge on any atom is 0.354 e. The summed E-state index contributed by atoms with van der Waals surface area (Å²) in [6.45, 7) is 5.08. The Bertz CT molecular complexity index is 506. The van der Waals surface area contributed by atoms with Crippen LogP contribution in [0.2, 0.25) is 0 Å². The zero-order valence-electron chi connectivity index (χ0n) is 10.3. The van der Waals surface area contributed by atoms with Gasteiger partial charge >= 0.3 is 11.9 Å². The van der Waals surface area contributed by atoms with E-state index in [4.69, 9.17) is 9.47 Å². The van der Waals surface area contributed by atoms with Gasteiger partial charge in [-0.25, -0.2) is 9.59 Å². The van der Waals surface area contributed by atoms with E-state index in [1.807, 2.05) is 31.2 Å². The molecule has 1 aromatic rings. The van der Waals surface area contributed by atoms with Crippen LogP contribution in [0.3, 0.4) is 0 Å². The number of esters is 2. The fourth-order valence-corrected chi connectivity index (χ4v) is 3.43. The number of benzene rings is 1. The van der Waals surface area contributed by atoms with Crippen LogP contribution < -0.4 is 0 Å². The van der Waals surface area contributed by atoms with Gasteiger partial charge in [-0.3, -0.25) is 0 Å². The number of halogens is 1. The molecular weight excluding hydrogens is 347 g/mol. The topological polar surface area (TPSA) is 52.6 Å². The third-order valence-electron chi connectivity index (χ3n) is 2.25. The molecule has 1 fully saturated rings. The molecule has 0 atom stereocenters. The molecular formula is C13H13IO4. The monoisotopic (exact) mass is 360 g/mol. The Labute approximate surface area is 115 Å². The average molecular weight is 360 g/mol. The fraction of sp³-hybridized carbons (Fsp3) is 0.308. The minimum absolute atomic E-state index is 0.150. The molecule has 1 aliphatic heterocycles. The summed E-state index contributed by atoms with van der Waals surface area (Å²) in [5.41, 5.74) is 1.14. The van der Waals surface area contributed by atoms with Crippen LogP contribution in [0.4, 0.5) is 0 Å². The first kappa shape index (κ1) is 13.2. The van der Waals surface area contributed by atoms with Gasteiger partial charge in [0.15, 0.2) is 3.51 Å². The van der Waals surface area contributed by atoms with Crippen LogP contribution in [0.5, 0.6) is 0 Å². The van der Waals surface area contributed by atoms with Gasteiger partial charge in [0.2, 0.25) is 0 Å². The molecule has 2 rings (SSSR count). The SMILES string of the molecule is Cc1ccc(I=C2C(=O)OC(C)(C)OC2=O)cc1. The Hall–Kier alpha value is -1.24. The lowest BCUT2D eigenvalue weighted by molar-refractivity contribution is -0.214. The van der Waals surface area contributed by atoms with E-state index in [0.29, 0.717) is 0 Å². The molecule has 5 heteroatoms. The molecule has 0 saturated carbocycles. The normalized spacial score (nSPS) is 18.3. The molecule has 0 N–H and O–H groups in total. The Morgan fingerprint density at radius 3 is 2.00 bits per heavy atom. The van der Waals surface area contributed by atoms with Crippen LogP contribution in [0.1, 0.15) is 19.4 Å². The highest BCUT2D eigenvalue weighted by Gasteiger charge is 2.39. The summed E-state index contributed by atoms with van der Waals surface area (Å²) in [6, 6.07) is 7.77. The van der Waals surface area contributed by atoms with Crippen molar-refractivity contribution in [3.63, 3.8) is 0 Å². The summed E-state index contributed by atoms with van der Waals surface area (Å²) in [5, 5.41) is 0. The van der Waals surface area contributed by atoms with Crippen molar-refractivity contribution in [1.29, 1.82) is 0 Å². The van der Waals surface area contributed by atoms with Crippen molar-refractivity contribution in [3.05, 3.63) is 33.4 Å². The van der Waals surface area contributed by atoms with E-state index in [1.165, 1.54) is 0 Å². The Kier molecular flexibility index (Phi) is 3.52. The molecule has 1 aromatic carbocycles. The average Bonchev–Trinajstić information content (AvgIpc) is 2.24. The van der Waals surface area contributed by atoms with Crippen LogP contribution in [0.25, 0.3) is 0 Å². The molecule has 0 bridgehead atoms. The lowest BCUT2D eigenvalue weighted by Gasteiger charge is -2.29. The Morgan fingerprint density at radius 1 is 1.00 bits per heavy atom. The van der Waals surface area contributed by atoms with Crippen LogP contribution in [-0.4, -0.2) is 21.2 Å². The number of hydrogen-bond donors (Lipinski definition) is 0. The number of cyclic esters (lactones) is 2. The van der Waals surface area contributed by atoms with Gasteiger partial charge in [-0.1, -0.05) is 38.4 Å². The number of carbonyl (C=O) groups excluding carboxylic acids is 2. The summed E-state index contributed by atoms with van der Waals surface area (Å²) in [6.07, 6.45) is 0. The largest absolute Gasteiger partial charge is 0.419 e. The highest BCUT2D eigenvalue weighted by molar-refractivity contribution is 14.2. The lowest BCUT2D eigenvalue weighted by Crippen LogP contribution is -2.46. The van der Waals surface area contributed by atoms with Gasteiger partial charge in [0.1, 0.15) is 0 Å². The van der Waals surface area contributed by atoms with Crippen molar-refractivity contribution < 1.29 is 19.1 Å². The molecule has 0 amide bonds. The van der Waals surface area contributed by atoms with Crippen molar-refractivity contribution in [1.82, 2.24) is 0 Å². The van der Waals surface area contributed by atoms with Gasteiger partial charge in [0.25, 0.3) is 5.79 Å². The maximum absolute atomic E-state index is 11.8. The van der Waals surface area contributed by atoms with E-state index in [9.17, 15) is 9.59 Å². The van der Waals surface area contributed by atoms with Gasteiger partial charge in [-0.05, 0) is 19.1 Å². The number of hydrogen-bond acceptors (Lipinski definition) is 4. The molecule has 0 aliphatic carbocycles. The molecule has 1 heterocycles. The second-order valence-electron chi connectivity index (χ2n) is 4.38. The van der Waals surface area contributed by atoms with Crippen LogP contribution >= 0.6 is 20.7 Å². The van der Waals surface area contributed by atoms with Gasteiger partial charge in [-0.15, -0.1) is 0 Å². The van der Waals surface area contributed by atoms with Gasteiger partial charge in [0, 0.05) is 17.4 Å². The molecule has 0 radical (unpaired) electrons. The van der Waals surface area contributed by atoms with E-state index in [1.54, 1.807) is 13.8 Å². The number of ether oxygens (including phenoxy) is 2. The van der Waals surface area contributed by atoms with Gasteiger partial charge < -0.3 is 9.47 Å². The summed E-state index contributed by atoms with van der Waals surface area (Å²) < 4.78 is 11.3. The van der Waals surface area contributed by atoms with E-state index in [-0.39, 0.29) is 3.51 Å². The smallest absolute Gasteiger partial charge is 0.354 e. The van der Waals surface area contributed by atoms with Crippen molar-refractivity contribution >= 4 is 36.2 Å². The highest BCUT2D eigenvalue weighted by atomic mass is 127. The molecule has 0 unspecified atom stereocenters. The van der Waals surface area contributed by atoms with Crippen molar-refractivity contribution in [3.8, 4) is 0 Å². The summed E-state index contributed by atoms with van der Waals surface area (Å²) >= 11 is -0.862. The zero-order valence-corrected chi connectivity index (χ0v) is 12.5. The lowest BCUT2D eigenvalue weighted by atomic mass is 10.2. The second-order valence-corrected chi connectivity index (χ2v) is 7.25. The Morgan fingerprint density at radius 2 is 1.50 bits per heavy atom. The maximum atomic E-state index is 11.8. The predicted molar refractivity (Wildman–Crippen MR) is 75.2 cm³/mol. The van der Waals surface area contributed by atoms with Crippen LogP contribution in [-0.2, 0) is 19.1 Å². The number of aryl methyl sites for hydroxylation is 1. The minimum atomic E-state index is -1.16. The third kappa shape index (κ3) is 2.95. The number of carbonyl (C=O) groups is 2. The minimum Gasteiger partial charge on any atom is -0.419 e. The van der Waals surface area contributed by atoms with Crippen LogP contribution in [0.15, 0.2) is 24.3 Å². The summed E-state index contributed by atoms with van der Waals surface area (Å²) in [4.78, 5) is 23.5. The quantitative estimate of drug-likeness (QED) is 0.569. The van der Waals surface area contributed by atoms with Crippen molar-refractivity contribution in [2.45, 2.75) is 26.6 Å². The van der Waals surface area contributed by atoms with Crippen molar-refractivity contribution in [2.75, 3.05) is 0 Å². The standard InChI is InChI=1S/C13H13IO4/c1-8-4-6-9(7-5-8)14-10-11(15)17-13(2,3)18-12(10)16/h4-7H,1-3H3. The van der Waals surface area contributed by atoms with E-state index >= 15 is 0 Å². The molecule has 4 nitrogen and oxygen atoms in total. The fourth-order valence-electron chi connectivity index (χ4n) is 1.42. The molecule has 0 aromatic heterocycles. The molecule has 1 saturated heterocycles. The van der Waals surface area contributed by atoms with E-state index in [2.05, 4.69) is 0 Å². The van der Waals surface area contributed by atoms with E-state index in [0.717, 1.165) is 9.13 Å². The van der Waals surface area contributed by atoms with Crippen molar-refractivity contribution in [2.24, 2.45) is 0 Å². The second kappa shape index (κ2) is 4.79. The first-order valence-electron chi connectivity index (χ1n) is 5.42. The molecule has 18 heavy (non-hydrogen) atoms. The number of rotatable bonds is 1. The van der Waals surface area contributed by atoms with Gasteiger partial charge in [-0.2, -0.15) is 0 Å². The van der Waals surface area contributed by atoms with Crippen LogP contribution in [0, 0.1) is 10.5 Å². The summed E-state index contributed by atoms with van der Waals surface area (Å²) in [5.74, 6) is -2.26.